The average Bonchev–Trinajstić information content (AvgIpc) is 2.60. The predicted octanol–water partition coefficient (Wildman–Crippen LogP) is 3.85. The van der Waals surface area contributed by atoms with E-state index in [9.17, 15) is 8.42 Å². The first-order valence-corrected chi connectivity index (χ1v) is 11.3. The van der Waals surface area contributed by atoms with E-state index in [1.54, 1.807) is 18.2 Å². The van der Waals surface area contributed by atoms with Crippen molar-refractivity contribution in [1.29, 1.82) is 0 Å². The third-order valence-electron chi connectivity index (χ3n) is 4.14. The standard InChI is InChI=1S/C15H31.C6H6O3S.Na/c1-3-5-7-9-11-13-15-14-12-10-8-6-4-2;7-10(8,9)6-4-2-1-3-5-6;/h1,3-15H2,2H3;1-5H,(H,7,8,9);/q-1;;+1. The van der Waals surface area contributed by atoms with E-state index in [1.807, 2.05) is 0 Å². The molecule has 0 fully saturated rings. The molecule has 0 spiro atoms. The van der Waals surface area contributed by atoms with Crippen LogP contribution < -0.4 is 29.6 Å². The van der Waals surface area contributed by atoms with Crippen LogP contribution in [-0.4, -0.2) is 13.0 Å². The van der Waals surface area contributed by atoms with Gasteiger partial charge in [0.1, 0.15) is 0 Å². The molecule has 0 radical (unpaired) electrons. The molecule has 26 heavy (non-hydrogen) atoms. The molecule has 146 valence electrons. The summed E-state index contributed by atoms with van der Waals surface area (Å²) in [6.07, 6.45) is 18.3. The van der Waals surface area contributed by atoms with Crippen molar-refractivity contribution in [1.82, 2.24) is 0 Å². The Bertz CT molecular complexity index is 477. The van der Waals surface area contributed by atoms with E-state index in [0.29, 0.717) is 0 Å². The number of rotatable bonds is 13. The van der Waals surface area contributed by atoms with Gasteiger partial charge in [0.15, 0.2) is 0 Å². The Morgan fingerprint density at radius 3 is 1.46 bits per heavy atom. The fourth-order valence-corrected chi connectivity index (χ4v) is 3.11. The van der Waals surface area contributed by atoms with Gasteiger partial charge in [-0.2, -0.15) is 14.8 Å². The van der Waals surface area contributed by atoms with Gasteiger partial charge < -0.3 is 6.92 Å². The average molecular weight is 393 g/mol. The maximum absolute atomic E-state index is 10.4. The molecule has 0 unspecified atom stereocenters. The third-order valence-corrected chi connectivity index (χ3v) is 5.01. The van der Waals surface area contributed by atoms with Crippen LogP contribution in [0.3, 0.4) is 0 Å². The summed E-state index contributed by atoms with van der Waals surface area (Å²) in [6.45, 7) is 6.15. The first kappa shape index (κ1) is 28.3. The van der Waals surface area contributed by atoms with Gasteiger partial charge in [0.25, 0.3) is 10.1 Å². The minimum Gasteiger partial charge on any atom is -0.343 e. The van der Waals surface area contributed by atoms with Crippen LogP contribution in [0, 0.1) is 6.92 Å². The fraction of sp³-hybridized carbons (Fsp3) is 0.667. The SMILES string of the molecule is O=S(=O)(O)c1ccccc1.[CH2-]CCCCCCCCCCCCCC.[Na+]. The van der Waals surface area contributed by atoms with Crippen LogP contribution in [0.4, 0.5) is 0 Å². The molecule has 0 atom stereocenters. The van der Waals surface area contributed by atoms with Gasteiger partial charge >= 0.3 is 29.6 Å². The molecule has 5 heteroatoms. The van der Waals surface area contributed by atoms with Gasteiger partial charge in [-0.3, -0.25) is 4.55 Å². The quantitative estimate of drug-likeness (QED) is 0.240. The van der Waals surface area contributed by atoms with Gasteiger partial charge in [0.05, 0.1) is 4.90 Å². The largest absolute Gasteiger partial charge is 1.00 e. The maximum Gasteiger partial charge on any atom is 1.00 e. The Morgan fingerprint density at radius 1 is 0.769 bits per heavy atom. The van der Waals surface area contributed by atoms with Crippen molar-refractivity contribution in [2.75, 3.05) is 0 Å². The van der Waals surface area contributed by atoms with Gasteiger partial charge in [-0.05, 0) is 12.1 Å². The van der Waals surface area contributed by atoms with E-state index in [-0.39, 0.29) is 34.5 Å². The zero-order valence-electron chi connectivity index (χ0n) is 17.0. The van der Waals surface area contributed by atoms with Gasteiger partial charge in [0.2, 0.25) is 0 Å². The molecule has 0 amide bonds. The Hall–Kier alpha value is 0.130. The molecule has 1 aromatic rings. The molecule has 1 N–H and O–H groups in total. The van der Waals surface area contributed by atoms with Gasteiger partial charge in [-0.15, -0.1) is 0 Å². The number of hydrogen-bond acceptors (Lipinski definition) is 2. The number of hydrogen-bond donors (Lipinski definition) is 1. The van der Waals surface area contributed by atoms with E-state index in [0.717, 1.165) is 6.42 Å². The Balaban J connectivity index is 0. The van der Waals surface area contributed by atoms with Crippen LogP contribution in [0.5, 0.6) is 0 Å². The molecule has 0 heterocycles. The van der Waals surface area contributed by atoms with Crippen LogP contribution >= 0.6 is 0 Å². The van der Waals surface area contributed by atoms with Gasteiger partial charge in [0, 0.05) is 0 Å². The van der Waals surface area contributed by atoms with Crippen molar-refractivity contribution in [3.63, 3.8) is 0 Å². The van der Waals surface area contributed by atoms with Crippen molar-refractivity contribution >= 4 is 10.1 Å². The Kier molecular flexibility index (Phi) is 21.7. The van der Waals surface area contributed by atoms with Gasteiger partial charge in [-0.1, -0.05) is 102 Å². The van der Waals surface area contributed by atoms with Crippen LogP contribution in [0.15, 0.2) is 35.2 Å². The van der Waals surface area contributed by atoms with Crippen molar-refractivity contribution in [3.8, 4) is 0 Å². The van der Waals surface area contributed by atoms with Crippen LogP contribution in [0.1, 0.15) is 90.4 Å². The molecular weight excluding hydrogens is 355 g/mol. The molecule has 0 saturated carbocycles. The van der Waals surface area contributed by atoms with Crippen molar-refractivity contribution in [2.45, 2.75) is 95.3 Å². The van der Waals surface area contributed by atoms with E-state index in [4.69, 9.17) is 4.55 Å². The molecule has 1 aromatic carbocycles. The van der Waals surface area contributed by atoms with Gasteiger partial charge in [-0.25, -0.2) is 0 Å². The summed E-state index contributed by atoms with van der Waals surface area (Å²) in [4.78, 5) is -0.0741. The first-order valence-electron chi connectivity index (χ1n) is 9.84. The van der Waals surface area contributed by atoms with E-state index >= 15 is 0 Å². The van der Waals surface area contributed by atoms with Crippen molar-refractivity contribution in [2.24, 2.45) is 0 Å². The van der Waals surface area contributed by atoms with E-state index < -0.39 is 10.1 Å². The molecule has 1 rings (SSSR count). The summed E-state index contributed by atoms with van der Waals surface area (Å²) in [5, 5.41) is 0. The third kappa shape index (κ3) is 18.9. The second-order valence-corrected chi connectivity index (χ2v) is 7.95. The molecular formula is C21H37NaO3S. The topological polar surface area (TPSA) is 54.4 Å². The van der Waals surface area contributed by atoms with Crippen LogP contribution in [-0.2, 0) is 10.1 Å². The van der Waals surface area contributed by atoms with E-state index in [1.165, 1.54) is 89.2 Å². The number of benzene rings is 1. The van der Waals surface area contributed by atoms with E-state index in [2.05, 4.69) is 13.8 Å². The smallest absolute Gasteiger partial charge is 0.343 e. The monoisotopic (exact) mass is 392 g/mol. The first-order chi connectivity index (χ1) is 12.0. The molecule has 0 aliphatic rings. The molecule has 3 nitrogen and oxygen atoms in total. The Labute approximate surface area is 184 Å². The summed E-state index contributed by atoms with van der Waals surface area (Å²) in [5.74, 6) is 0. The normalized spacial score (nSPS) is 10.6. The summed E-state index contributed by atoms with van der Waals surface area (Å²) in [7, 11) is -4.00. The maximum atomic E-state index is 10.4. The van der Waals surface area contributed by atoms with Crippen LogP contribution in [0.2, 0.25) is 0 Å². The molecule has 0 aromatic heterocycles. The molecule has 0 bridgehead atoms. The number of unbranched alkanes of at least 4 members (excludes halogenated alkanes) is 12. The summed E-state index contributed by atoms with van der Waals surface area (Å²) in [6, 6.07) is 7.42. The predicted molar refractivity (Wildman–Crippen MR) is 107 cm³/mol. The van der Waals surface area contributed by atoms with Crippen molar-refractivity contribution < 1.29 is 42.5 Å². The molecule has 0 aliphatic heterocycles. The summed E-state index contributed by atoms with van der Waals surface area (Å²) < 4.78 is 29.2. The second-order valence-electron chi connectivity index (χ2n) is 6.53. The van der Waals surface area contributed by atoms with Crippen LogP contribution in [0.25, 0.3) is 0 Å². The molecule has 0 aliphatic carbocycles. The Morgan fingerprint density at radius 2 is 1.15 bits per heavy atom. The second kappa shape index (κ2) is 19.9. The fourth-order valence-electron chi connectivity index (χ4n) is 2.61. The minimum atomic E-state index is -4.00. The summed E-state index contributed by atoms with van der Waals surface area (Å²) in [5.41, 5.74) is 0. The zero-order valence-corrected chi connectivity index (χ0v) is 19.8. The van der Waals surface area contributed by atoms with Crippen molar-refractivity contribution in [3.05, 3.63) is 37.3 Å². The molecule has 0 saturated heterocycles. The minimum absolute atomic E-state index is 0. The zero-order chi connectivity index (χ0) is 18.8. The summed E-state index contributed by atoms with van der Waals surface area (Å²) >= 11 is 0.